The highest BCUT2D eigenvalue weighted by Crippen LogP contribution is 2.52. The van der Waals surface area contributed by atoms with E-state index in [1.165, 1.54) is 30.6 Å². The molecule has 1 aromatic carbocycles. The van der Waals surface area contributed by atoms with Gasteiger partial charge in [0.2, 0.25) is 0 Å². The third-order valence-electron chi connectivity index (χ3n) is 4.59. The van der Waals surface area contributed by atoms with Gasteiger partial charge in [-0.05, 0) is 55.2 Å². The molecule has 0 aromatic heterocycles. The topological polar surface area (TPSA) is 26.0 Å². The van der Waals surface area contributed by atoms with E-state index in [4.69, 9.17) is 17.3 Å². The summed E-state index contributed by atoms with van der Waals surface area (Å²) in [4.78, 5) is 1.26. The van der Waals surface area contributed by atoms with Crippen LogP contribution in [-0.2, 0) is 0 Å². The molecule has 2 saturated carbocycles. The molecule has 18 heavy (non-hydrogen) atoms. The minimum atomic E-state index is 0.568. The average Bonchev–Trinajstić information content (AvgIpc) is 2.98. The number of fused-ring (bicyclic) bond motifs is 2. The number of halogens is 1. The molecule has 2 bridgehead atoms. The Kier molecular flexibility index (Phi) is 3.88. The van der Waals surface area contributed by atoms with Crippen LogP contribution in [-0.4, -0.2) is 11.8 Å². The maximum absolute atomic E-state index is 6.05. The average molecular weight is 282 g/mol. The van der Waals surface area contributed by atoms with Gasteiger partial charge in [-0.25, -0.2) is 0 Å². The van der Waals surface area contributed by atoms with Crippen molar-refractivity contribution in [3.05, 3.63) is 29.3 Å². The number of nitrogens with two attached hydrogens (primary N) is 1. The minimum absolute atomic E-state index is 0.568. The molecule has 0 aliphatic heterocycles. The highest BCUT2D eigenvalue weighted by Gasteiger charge is 2.42. The van der Waals surface area contributed by atoms with Crippen LogP contribution in [0.15, 0.2) is 29.2 Å². The van der Waals surface area contributed by atoms with Crippen LogP contribution in [0.1, 0.15) is 25.7 Å². The lowest BCUT2D eigenvalue weighted by Gasteiger charge is -2.29. The molecule has 3 heteroatoms. The predicted molar refractivity (Wildman–Crippen MR) is 79.1 cm³/mol. The second-order valence-electron chi connectivity index (χ2n) is 5.69. The van der Waals surface area contributed by atoms with E-state index in [0.717, 1.165) is 29.3 Å². The molecule has 0 spiro atoms. The van der Waals surface area contributed by atoms with E-state index >= 15 is 0 Å². The molecule has 1 aromatic rings. The molecule has 4 unspecified atom stereocenters. The molecular weight excluding hydrogens is 262 g/mol. The van der Waals surface area contributed by atoms with Crippen LogP contribution in [0, 0.1) is 17.8 Å². The van der Waals surface area contributed by atoms with Gasteiger partial charge in [0.05, 0.1) is 0 Å². The molecule has 2 aliphatic rings. The van der Waals surface area contributed by atoms with Gasteiger partial charge in [-0.3, -0.25) is 0 Å². The van der Waals surface area contributed by atoms with Crippen LogP contribution in [0.2, 0.25) is 5.02 Å². The zero-order chi connectivity index (χ0) is 12.5. The quantitative estimate of drug-likeness (QED) is 0.837. The number of rotatable bonds is 4. The van der Waals surface area contributed by atoms with Gasteiger partial charge in [-0.15, -0.1) is 11.8 Å². The van der Waals surface area contributed by atoms with E-state index in [2.05, 4.69) is 12.1 Å². The van der Waals surface area contributed by atoms with E-state index in [0.29, 0.717) is 5.25 Å². The van der Waals surface area contributed by atoms with Crippen molar-refractivity contribution >= 4 is 23.4 Å². The molecule has 1 nitrogen and oxygen atoms in total. The van der Waals surface area contributed by atoms with Crippen molar-refractivity contribution in [2.75, 3.05) is 6.54 Å². The highest BCUT2D eigenvalue weighted by molar-refractivity contribution is 8.00. The van der Waals surface area contributed by atoms with Crippen molar-refractivity contribution in [3.8, 4) is 0 Å². The summed E-state index contributed by atoms with van der Waals surface area (Å²) in [6.07, 6.45) is 5.75. The predicted octanol–water partition coefficient (Wildman–Crippen LogP) is 4.20. The van der Waals surface area contributed by atoms with Gasteiger partial charge in [0.25, 0.3) is 0 Å². The zero-order valence-electron chi connectivity index (χ0n) is 10.5. The lowest BCUT2D eigenvalue weighted by Crippen LogP contribution is -2.29. The smallest absolute Gasteiger partial charge is 0.0417 e. The molecule has 0 saturated heterocycles. The summed E-state index contributed by atoms with van der Waals surface area (Å²) in [5, 5.41) is 1.39. The van der Waals surface area contributed by atoms with Crippen LogP contribution in [0.5, 0.6) is 0 Å². The van der Waals surface area contributed by atoms with E-state index in [9.17, 15) is 0 Å². The summed E-state index contributed by atoms with van der Waals surface area (Å²) in [6, 6.07) is 8.16. The Balaban J connectivity index is 1.69. The molecule has 2 N–H and O–H groups in total. The lowest BCUT2D eigenvalue weighted by atomic mass is 9.86. The van der Waals surface area contributed by atoms with Gasteiger partial charge in [-0.1, -0.05) is 24.1 Å². The number of thioether (sulfide) groups is 1. The van der Waals surface area contributed by atoms with E-state index in [1.807, 2.05) is 23.9 Å². The molecule has 0 heterocycles. The second kappa shape index (κ2) is 5.44. The van der Waals surface area contributed by atoms with Crippen LogP contribution >= 0.6 is 23.4 Å². The first kappa shape index (κ1) is 12.8. The van der Waals surface area contributed by atoms with E-state index in [-0.39, 0.29) is 0 Å². The first-order valence-electron chi connectivity index (χ1n) is 6.88. The summed E-state index contributed by atoms with van der Waals surface area (Å²) in [6.45, 7) is 0.783. The molecule has 0 radical (unpaired) electrons. The van der Waals surface area contributed by atoms with Crippen molar-refractivity contribution in [2.24, 2.45) is 23.5 Å². The Morgan fingerprint density at radius 3 is 2.83 bits per heavy atom. The van der Waals surface area contributed by atoms with Crippen LogP contribution in [0.25, 0.3) is 0 Å². The Bertz CT molecular complexity index is 423. The summed E-state index contributed by atoms with van der Waals surface area (Å²) in [5.74, 6) is 2.77. The third-order valence-corrected chi connectivity index (χ3v) is 6.19. The van der Waals surface area contributed by atoms with Crippen molar-refractivity contribution in [1.82, 2.24) is 0 Å². The Hall–Kier alpha value is -0.180. The molecule has 2 fully saturated rings. The molecule has 3 rings (SSSR count). The minimum Gasteiger partial charge on any atom is -0.329 e. The Morgan fingerprint density at radius 2 is 2.22 bits per heavy atom. The van der Waals surface area contributed by atoms with Gasteiger partial charge in [0.1, 0.15) is 0 Å². The fraction of sp³-hybridized carbons (Fsp3) is 0.600. The number of hydrogen-bond acceptors (Lipinski definition) is 2. The molecule has 4 atom stereocenters. The first-order valence-corrected chi connectivity index (χ1v) is 8.14. The van der Waals surface area contributed by atoms with Gasteiger partial charge in [0.15, 0.2) is 0 Å². The second-order valence-corrected chi connectivity index (χ2v) is 7.44. The Labute approximate surface area is 118 Å². The van der Waals surface area contributed by atoms with Crippen LogP contribution in [0.4, 0.5) is 0 Å². The summed E-state index contributed by atoms with van der Waals surface area (Å²) < 4.78 is 0. The SMILES string of the molecule is NCC(Sc1cccc(Cl)c1)C1CC2CCC1C2. The Morgan fingerprint density at radius 1 is 1.33 bits per heavy atom. The molecule has 2 aliphatic carbocycles. The maximum Gasteiger partial charge on any atom is 0.0417 e. The fourth-order valence-electron chi connectivity index (χ4n) is 3.77. The largest absolute Gasteiger partial charge is 0.329 e. The van der Waals surface area contributed by atoms with Crippen molar-refractivity contribution in [2.45, 2.75) is 35.8 Å². The molecular formula is C15H20ClNS. The molecule has 0 amide bonds. The normalized spacial score (nSPS) is 31.8. The van der Waals surface area contributed by atoms with Crippen molar-refractivity contribution in [3.63, 3.8) is 0 Å². The van der Waals surface area contributed by atoms with E-state index < -0.39 is 0 Å². The lowest BCUT2D eigenvalue weighted by molar-refractivity contribution is 0.326. The van der Waals surface area contributed by atoms with Gasteiger partial charge >= 0.3 is 0 Å². The highest BCUT2D eigenvalue weighted by atomic mass is 35.5. The number of hydrogen-bond donors (Lipinski definition) is 1. The fourth-order valence-corrected chi connectivity index (χ4v) is 5.34. The van der Waals surface area contributed by atoms with Gasteiger partial charge in [0, 0.05) is 21.7 Å². The summed E-state index contributed by atoms with van der Waals surface area (Å²) >= 11 is 7.98. The number of benzene rings is 1. The monoisotopic (exact) mass is 281 g/mol. The first-order chi connectivity index (χ1) is 8.76. The summed E-state index contributed by atoms with van der Waals surface area (Å²) in [7, 11) is 0. The maximum atomic E-state index is 6.05. The van der Waals surface area contributed by atoms with Crippen LogP contribution in [0.3, 0.4) is 0 Å². The van der Waals surface area contributed by atoms with Gasteiger partial charge < -0.3 is 5.73 Å². The third kappa shape index (κ3) is 2.56. The zero-order valence-corrected chi connectivity index (χ0v) is 12.1. The van der Waals surface area contributed by atoms with Crippen molar-refractivity contribution < 1.29 is 0 Å². The summed E-state index contributed by atoms with van der Waals surface area (Å²) in [5.41, 5.74) is 6.02. The standard InChI is InChI=1S/C15H20ClNS/c16-12-2-1-3-13(8-12)18-15(9-17)14-7-10-4-5-11(14)6-10/h1-3,8,10-11,14-15H,4-7,9,17H2. The van der Waals surface area contributed by atoms with E-state index in [1.54, 1.807) is 0 Å². The van der Waals surface area contributed by atoms with Gasteiger partial charge in [-0.2, -0.15) is 0 Å². The van der Waals surface area contributed by atoms with Crippen molar-refractivity contribution in [1.29, 1.82) is 0 Å². The van der Waals surface area contributed by atoms with Crippen LogP contribution < -0.4 is 5.73 Å². The molecule has 98 valence electrons.